The van der Waals surface area contributed by atoms with Gasteiger partial charge in [-0.1, -0.05) is 23.7 Å². The van der Waals surface area contributed by atoms with E-state index in [4.69, 9.17) is 16.3 Å². The molecule has 0 radical (unpaired) electrons. The van der Waals surface area contributed by atoms with Crippen LogP contribution in [0.25, 0.3) is 10.9 Å². The molecule has 0 aliphatic rings. The van der Waals surface area contributed by atoms with Crippen LogP contribution in [0.3, 0.4) is 0 Å². The van der Waals surface area contributed by atoms with Crippen molar-refractivity contribution >= 4 is 28.4 Å². The third kappa shape index (κ3) is 3.98. The molecule has 5 nitrogen and oxygen atoms in total. The summed E-state index contributed by atoms with van der Waals surface area (Å²) in [6.07, 6.45) is 0.424. The van der Waals surface area contributed by atoms with E-state index in [1.807, 2.05) is 32.0 Å². The molecule has 0 saturated heterocycles. The number of rotatable bonds is 5. The van der Waals surface area contributed by atoms with Crippen LogP contribution in [-0.2, 0) is 6.42 Å². The van der Waals surface area contributed by atoms with E-state index >= 15 is 0 Å². The summed E-state index contributed by atoms with van der Waals surface area (Å²) < 4.78 is 5.20. The lowest BCUT2D eigenvalue weighted by atomic mass is 10.0. The Kier molecular flexibility index (Phi) is 5.51. The monoisotopic (exact) mass is 384 g/mol. The standard InChI is InChI=1S/C21H21ClN2O3/c1-12-4-5-13(2)19-16(12)10-14(20(25)24-19)8-9-23-21(26)17-11-15(22)6-7-18(17)27-3/h4-7,10-11H,8-9H2,1-3H3,(H,23,26)(H,24,25). The number of pyridine rings is 1. The number of halogens is 1. The summed E-state index contributed by atoms with van der Waals surface area (Å²) in [5.41, 5.74) is 3.85. The highest BCUT2D eigenvalue weighted by Gasteiger charge is 2.13. The van der Waals surface area contributed by atoms with Crippen LogP contribution < -0.4 is 15.6 Å². The Morgan fingerprint density at radius 3 is 2.63 bits per heavy atom. The Balaban J connectivity index is 1.77. The Bertz CT molecular complexity index is 1070. The number of H-pyrrole nitrogens is 1. The van der Waals surface area contributed by atoms with Crippen LogP contribution in [0, 0.1) is 13.8 Å². The number of fused-ring (bicyclic) bond motifs is 1. The lowest BCUT2D eigenvalue weighted by Crippen LogP contribution is -2.27. The van der Waals surface area contributed by atoms with Gasteiger partial charge in [0, 0.05) is 22.5 Å². The molecule has 0 bridgehead atoms. The third-order valence-electron chi connectivity index (χ3n) is 4.61. The van der Waals surface area contributed by atoms with Crippen LogP contribution in [0.15, 0.2) is 41.2 Å². The van der Waals surface area contributed by atoms with Crippen molar-refractivity contribution in [2.45, 2.75) is 20.3 Å². The lowest BCUT2D eigenvalue weighted by molar-refractivity contribution is 0.0951. The largest absolute Gasteiger partial charge is 0.496 e. The Morgan fingerprint density at radius 1 is 1.15 bits per heavy atom. The molecular formula is C21H21ClN2O3. The van der Waals surface area contributed by atoms with Crippen molar-refractivity contribution in [2.75, 3.05) is 13.7 Å². The number of carbonyl (C=O) groups excluding carboxylic acids is 1. The number of aryl methyl sites for hydroxylation is 2. The second-order valence-corrected chi connectivity index (χ2v) is 6.90. The zero-order valence-electron chi connectivity index (χ0n) is 15.5. The molecule has 0 saturated carbocycles. The van der Waals surface area contributed by atoms with Gasteiger partial charge in [0.15, 0.2) is 0 Å². The molecule has 0 aliphatic heterocycles. The zero-order chi connectivity index (χ0) is 19.6. The summed E-state index contributed by atoms with van der Waals surface area (Å²) in [6.45, 7) is 4.31. The number of carbonyl (C=O) groups is 1. The maximum atomic E-state index is 12.4. The molecule has 3 aromatic rings. The van der Waals surface area contributed by atoms with Crippen molar-refractivity contribution in [3.05, 3.63) is 74.0 Å². The summed E-state index contributed by atoms with van der Waals surface area (Å²) in [5.74, 6) is 0.158. The topological polar surface area (TPSA) is 71.2 Å². The number of hydrogen-bond acceptors (Lipinski definition) is 3. The highest BCUT2D eigenvalue weighted by atomic mass is 35.5. The highest BCUT2D eigenvalue weighted by Crippen LogP contribution is 2.22. The van der Waals surface area contributed by atoms with E-state index in [1.54, 1.807) is 18.2 Å². The second-order valence-electron chi connectivity index (χ2n) is 6.46. The molecule has 27 heavy (non-hydrogen) atoms. The predicted molar refractivity (Wildman–Crippen MR) is 108 cm³/mol. The van der Waals surface area contributed by atoms with Gasteiger partial charge in [0.05, 0.1) is 18.2 Å². The first-order chi connectivity index (χ1) is 12.9. The number of amides is 1. The van der Waals surface area contributed by atoms with Gasteiger partial charge >= 0.3 is 0 Å². The molecule has 3 rings (SSSR count). The van der Waals surface area contributed by atoms with Crippen LogP contribution >= 0.6 is 11.6 Å². The zero-order valence-corrected chi connectivity index (χ0v) is 16.2. The summed E-state index contributed by atoms with van der Waals surface area (Å²) in [5, 5.41) is 4.30. The van der Waals surface area contributed by atoms with Gasteiger partial charge in [-0.25, -0.2) is 0 Å². The second kappa shape index (κ2) is 7.84. The van der Waals surface area contributed by atoms with Crippen molar-refractivity contribution in [1.82, 2.24) is 10.3 Å². The molecular weight excluding hydrogens is 364 g/mol. The summed E-state index contributed by atoms with van der Waals surface area (Å²) >= 11 is 5.97. The number of aromatic amines is 1. The van der Waals surface area contributed by atoms with Gasteiger partial charge in [0.2, 0.25) is 0 Å². The van der Waals surface area contributed by atoms with E-state index in [1.165, 1.54) is 7.11 Å². The van der Waals surface area contributed by atoms with E-state index in [9.17, 15) is 9.59 Å². The molecule has 0 aliphatic carbocycles. The smallest absolute Gasteiger partial charge is 0.255 e. The molecule has 1 aromatic heterocycles. The first-order valence-electron chi connectivity index (χ1n) is 8.64. The van der Waals surface area contributed by atoms with Gasteiger partial charge in [-0.15, -0.1) is 0 Å². The SMILES string of the molecule is COc1ccc(Cl)cc1C(=O)NCCc1cc2c(C)ccc(C)c2[nH]c1=O. The molecule has 2 aromatic carbocycles. The Morgan fingerprint density at radius 2 is 1.89 bits per heavy atom. The maximum absolute atomic E-state index is 12.4. The van der Waals surface area contributed by atoms with E-state index in [-0.39, 0.29) is 11.5 Å². The van der Waals surface area contributed by atoms with Gasteiger partial charge in [-0.2, -0.15) is 0 Å². The minimum atomic E-state index is -0.293. The average Bonchev–Trinajstić information content (AvgIpc) is 2.65. The van der Waals surface area contributed by atoms with Crippen molar-refractivity contribution in [3.63, 3.8) is 0 Å². The molecule has 1 heterocycles. The number of methoxy groups -OCH3 is 1. The van der Waals surface area contributed by atoms with Crippen LogP contribution in [0.2, 0.25) is 5.02 Å². The van der Waals surface area contributed by atoms with Gasteiger partial charge in [-0.3, -0.25) is 9.59 Å². The molecule has 0 fully saturated rings. The Hall–Kier alpha value is -2.79. The van der Waals surface area contributed by atoms with E-state index in [2.05, 4.69) is 10.3 Å². The first-order valence-corrected chi connectivity index (χ1v) is 9.02. The quantitative estimate of drug-likeness (QED) is 0.703. The fraction of sp³-hybridized carbons (Fsp3) is 0.238. The van der Waals surface area contributed by atoms with Crippen molar-refractivity contribution in [1.29, 1.82) is 0 Å². The highest BCUT2D eigenvalue weighted by molar-refractivity contribution is 6.31. The number of aromatic nitrogens is 1. The first kappa shape index (κ1) is 19.0. The van der Waals surface area contributed by atoms with Crippen LogP contribution in [0.4, 0.5) is 0 Å². The molecule has 2 N–H and O–H groups in total. The summed E-state index contributed by atoms with van der Waals surface area (Å²) in [4.78, 5) is 27.8. The van der Waals surface area contributed by atoms with Crippen LogP contribution in [0.5, 0.6) is 5.75 Å². The van der Waals surface area contributed by atoms with Crippen LogP contribution in [-0.4, -0.2) is 24.5 Å². The minimum absolute atomic E-state index is 0.134. The minimum Gasteiger partial charge on any atom is -0.496 e. The molecule has 0 spiro atoms. The van der Waals surface area contributed by atoms with Crippen molar-refractivity contribution < 1.29 is 9.53 Å². The number of hydrogen-bond donors (Lipinski definition) is 2. The van der Waals surface area contributed by atoms with Gasteiger partial charge in [0.25, 0.3) is 11.5 Å². The normalized spacial score (nSPS) is 10.8. The summed E-state index contributed by atoms with van der Waals surface area (Å²) in [6, 6.07) is 10.8. The van der Waals surface area contributed by atoms with Gasteiger partial charge in [-0.05, 0) is 55.7 Å². The molecule has 6 heteroatoms. The number of nitrogens with one attached hydrogen (secondary N) is 2. The number of ether oxygens (including phenoxy) is 1. The fourth-order valence-electron chi connectivity index (χ4n) is 3.07. The van der Waals surface area contributed by atoms with Gasteiger partial charge < -0.3 is 15.0 Å². The van der Waals surface area contributed by atoms with E-state index in [0.717, 1.165) is 22.0 Å². The lowest BCUT2D eigenvalue weighted by Gasteiger charge is -2.11. The average molecular weight is 385 g/mol. The molecule has 140 valence electrons. The predicted octanol–water partition coefficient (Wildman–Crippen LogP) is 3.78. The number of benzene rings is 2. The molecule has 1 amide bonds. The van der Waals surface area contributed by atoms with Gasteiger partial charge in [0.1, 0.15) is 5.75 Å². The Labute approximate surface area is 162 Å². The van der Waals surface area contributed by atoms with Crippen molar-refractivity contribution in [3.8, 4) is 5.75 Å². The molecule has 0 atom stereocenters. The van der Waals surface area contributed by atoms with Crippen molar-refractivity contribution in [2.24, 2.45) is 0 Å². The maximum Gasteiger partial charge on any atom is 0.255 e. The van der Waals surface area contributed by atoms with E-state index in [0.29, 0.717) is 34.9 Å². The van der Waals surface area contributed by atoms with E-state index < -0.39 is 0 Å². The third-order valence-corrected chi connectivity index (χ3v) is 4.84. The fourth-order valence-corrected chi connectivity index (χ4v) is 3.24. The van der Waals surface area contributed by atoms with Crippen LogP contribution in [0.1, 0.15) is 27.0 Å². The summed E-state index contributed by atoms with van der Waals surface area (Å²) in [7, 11) is 1.50. The molecule has 0 unspecified atom stereocenters.